The molecular formula is C22H14ClN3O8. The molecule has 11 nitrogen and oxygen atoms in total. The molecule has 3 rings (SSSR count). The van der Waals surface area contributed by atoms with E-state index in [1.165, 1.54) is 48.5 Å². The smallest absolute Gasteiger partial charge is 0.338 e. The van der Waals surface area contributed by atoms with E-state index in [9.17, 15) is 34.6 Å². The minimum atomic E-state index is -0.912. The molecular weight excluding hydrogens is 470 g/mol. The minimum Gasteiger partial charge on any atom is -0.454 e. The average molecular weight is 484 g/mol. The van der Waals surface area contributed by atoms with Crippen molar-refractivity contribution in [2.45, 2.75) is 0 Å². The number of Topliss-reactive ketones (excluding diaryl/α,β-unsaturated/α-hetero) is 1. The summed E-state index contributed by atoms with van der Waals surface area (Å²) in [7, 11) is 0. The zero-order chi connectivity index (χ0) is 24.8. The second-order valence-corrected chi connectivity index (χ2v) is 7.19. The van der Waals surface area contributed by atoms with Crippen molar-refractivity contribution in [1.29, 1.82) is 0 Å². The number of amides is 1. The third kappa shape index (κ3) is 5.78. The molecule has 0 saturated carbocycles. The highest BCUT2D eigenvalue weighted by atomic mass is 35.5. The number of ether oxygens (including phenoxy) is 1. The second kappa shape index (κ2) is 10.3. The maximum absolute atomic E-state index is 12.5. The van der Waals surface area contributed by atoms with Gasteiger partial charge in [-0.25, -0.2) is 4.79 Å². The number of non-ortho nitro benzene ring substituents is 1. The molecule has 0 aliphatic rings. The predicted octanol–water partition coefficient (Wildman–Crippen LogP) is 4.45. The number of carbonyl (C=O) groups is 3. The van der Waals surface area contributed by atoms with Gasteiger partial charge in [0.2, 0.25) is 0 Å². The van der Waals surface area contributed by atoms with Crippen LogP contribution >= 0.6 is 11.6 Å². The second-order valence-electron chi connectivity index (χ2n) is 6.76. The van der Waals surface area contributed by atoms with Gasteiger partial charge in [0.25, 0.3) is 17.3 Å². The molecule has 0 saturated heterocycles. The fourth-order valence-corrected chi connectivity index (χ4v) is 2.96. The van der Waals surface area contributed by atoms with Crippen molar-refractivity contribution in [2.75, 3.05) is 11.9 Å². The lowest BCUT2D eigenvalue weighted by Crippen LogP contribution is -2.16. The van der Waals surface area contributed by atoms with Crippen LogP contribution in [0.4, 0.5) is 17.1 Å². The maximum atomic E-state index is 12.5. The summed E-state index contributed by atoms with van der Waals surface area (Å²) in [5.41, 5.74) is -1.26. The topological polar surface area (TPSA) is 159 Å². The van der Waals surface area contributed by atoms with E-state index in [1.54, 1.807) is 0 Å². The number of nitro groups is 2. The highest BCUT2D eigenvalue weighted by Gasteiger charge is 2.24. The zero-order valence-electron chi connectivity index (χ0n) is 17.1. The van der Waals surface area contributed by atoms with Crippen LogP contribution in [0.2, 0.25) is 5.02 Å². The Balaban J connectivity index is 1.70. The molecule has 1 N–H and O–H groups in total. The van der Waals surface area contributed by atoms with Gasteiger partial charge in [-0.1, -0.05) is 17.7 Å². The number of hydrogen-bond acceptors (Lipinski definition) is 8. The van der Waals surface area contributed by atoms with Gasteiger partial charge in [0.05, 0.1) is 21.5 Å². The number of nitrogens with zero attached hydrogens (tertiary/aromatic N) is 2. The summed E-state index contributed by atoms with van der Waals surface area (Å²) in [6, 6.07) is 14.1. The summed E-state index contributed by atoms with van der Waals surface area (Å²) < 4.78 is 5.02. The summed E-state index contributed by atoms with van der Waals surface area (Å²) in [6.45, 7) is -0.522. The minimum absolute atomic E-state index is 0.0138. The van der Waals surface area contributed by atoms with Crippen LogP contribution in [-0.2, 0) is 4.74 Å². The number of esters is 1. The van der Waals surface area contributed by atoms with Crippen molar-refractivity contribution in [3.63, 3.8) is 0 Å². The van der Waals surface area contributed by atoms with Crippen molar-refractivity contribution in [1.82, 2.24) is 0 Å². The lowest BCUT2D eigenvalue weighted by Gasteiger charge is -2.08. The molecule has 0 atom stereocenters. The van der Waals surface area contributed by atoms with Crippen LogP contribution < -0.4 is 5.32 Å². The van der Waals surface area contributed by atoms with Crippen molar-refractivity contribution in [3.8, 4) is 0 Å². The van der Waals surface area contributed by atoms with E-state index in [-0.39, 0.29) is 11.3 Å². The number of rotatable bonds is 8. The standard InChI is InChI=1S/C22H14ClN3O8/c23-15-6-4-13(5-7-15)20(27)12-34-22(29)14-2-1-3-16(10-14)24-21(28)18-9-8-17(25(30)31)11-19(18)26(32)33/h1-11H,12H2,(H,24,28). The van der Waals surface area contributed by atoms with E-state index in [0.29, 0.717) is 16.7 Å². The molecule has 0 aliphatic carbocycles. The van der Waals surface area contributed by atoms with E-state index in [0.717, 1.165) is 12.1 Å². The molecule has 0 unspecified atom stereocenters. The Morgan fingerprint density at radius 1 is 0.882 bits per heavy atom. The van der Waals surface area contributed by atoms with E-state index in [1.807, 2.05) is 0 Å². The number of halogens is 1. The molecule has 0 fully saturated rings. The van der Waals surface area contributed by atoms with Crippen molar-refractivity contribution in [2.24, 2.45) is 0 Å². The normalized spacial score (nSPS) is 10.3. The van der Waals surface area contributed by atoms with Gasteiger partial charge >= 0.3 is 5.97 Å². The Hall–Kier alpha value is -4.64. The van der Waals surface area contributed by atoms with E-state index >= 15 is 0 Å². The highest BCUT2D eigenvalue weighted by molar-refractivity contribution is 6.30. The SMILES string of the molecule is O=C(COC(=O)c1cccc(NC(=O)c2ccc([N+](=O)[O-])cc2[N+](=O)[O-])c1)c1ccc(Cl)cc1. The summed E-state index contributed by atoms with van der Waals surface area (Å²) >= 11 is 5.77. The first-order chi connectivity index (χ1) is 16.2. The molecule has 0 heterocycles. The first kappa shape index (κ1) is 24.0. The van der Waals surface area contributed by atoms with Crippen molar-refractivity contribution < 1.29 is 29.0 Å². The molecule has 0 radical (unpaired) electrons. The molecule has 34 heavy (non-hydrogen) atoms. The average Bonchev–Trinajstić information content (AvgIpc) is 2.82. The van der Waals surface area contributed by atoms with Crippen LogP contribution in [0, 0.1) is 20.2 Å². The predicted molar refractivity (Wildman–Crippen MR) is 120 cm³/mol. The molecule has 172 valence electrons. The monoisotopic (exact) mass is 483 g/mol. The molecule has 12 heteroatoms. The van der Waals surface area contributed by atoms with Gasteiger partial charge in [-0.3, -0.25) is 29.8 Å². The Bertz CT molecular complexity index is 1310. The van der Waals surface area contributed by atoms with Gasteiger partial charge in [-0.15, -0.1) is 0 Å². The van der Waals surface area contributed by atoms with Gasteiger partial charge in [0.1, 0.15) is 5.56 Å². The lowest BCUT2D eigenvalue weighted by molar-refractivity contribution is -0.394. The van der Waals surface area contributed by atoms with E-state index in [4.69, 9.17) is 16.3 Å². The first-order valence-corrected chi connectivity index (χ1v) is 9.83. The summed E-state index contributed by atoms with van der Waals surface area (Å²) in [5.74, 6) is -2.19. The third-order valence-corrected chi connectivity index (χ3v) is 4.74. The lowest BCUT2D eigenvalue weighted by atomic mass is 10.1. The summed E-state index contributed by atoms with van der Waals surface area (Å²) in [5, 5.41) is 24.9. The van der Waals surface area contributed by atoms with E-state index < -0.39 is 51.1 Å². The Labute approximate surface area is 196 Å². The number of carbonyl (C=O) groups excluding carboxylic acids is 3. The fraction of sp³-hybridized carbons (Fsp3) is 0.0455. The molecule has 0 bridgehead atoms. The zero-order valence-corrected chi connectivity index (χ0v) is 17.9. The Morgan fingerprint density at radius 2 is 1.59 bits per heavy atom. The van der Waals surface area contributed by atoms with Crippen LogP contribution in [0.25, 0.3) is 0 Å². The largest absolute Gasteiger partial charge is 0.454 e. The van der Waals surface area contributed by atoms with Gasteiger partial charge in [-0.05, 0) is 48.5 Å². The van der Waals surface area contributed by atoms with Crippen LogP contribution in [0.3, 0.4) is 0 Å². The van der Waals surface area contributed by atoms with Crippen LogP contribution in [0.1, 0.15) is 31.1 Å². The highest BCUT2D eigenvalue weighted by Crippen LogP contribution is 2.25. The van der Waals surface area contributed by atoms with Crippen LogP contribution in [0.5, 0.6) is 0 Å². The number of hydrogen-bond donors (Lipinski definition) is 1. The number of anilines is 1. The number of ketones is 1. The Kier molecular flexibility index (Phi) is 7.29. The van der Waals surface area contributed by atoms with E-state index in [2.05, 4.69) is 5.32 Å². The summed E-state index contributed by atoms with van der Waals surface area (Å²) in [4.78, 5) is 57.4. The molecule has 3 aromatic carbocycles. The molecule has 0 aromatic heterocycles. The summed E-state index contributed by atoms with van der Waals surface area (Å²) in [6.07, 6.45) is 0. The molecule has 0 spiro atoms. The van der Waals surface area contributed by atoms with Crippen molar-refractivity contribution in [3.05, 3.63) is 109 Å². The van der Waals surface area contributed by atoms with Crippen LogP contribution in [-0.4, -0.2) is 34.1 Å². The molecule has 1 amide bonds. The van der Waals surface area contributed by atoms with Gasteiger partial charge in [-0.2, -0.15) is 0 Å². The number of nitro benzene ring substituents is 2. The maximum Gasteiger partial charge on any atom is 0.338 e. The van der Waals surface area contributed by atoms with Gasteiger partial charge in [0.15, 0.2) is 12.4 Å². The number of benzene rings is 3. The Morgan fingerprint density at radius 3 is 2.24 bits per heavy atom. The third-order valence-electron chi connectivity index (χ3n) is 4.49. The van der Waals surface area contributed by atoms with Gasteiger partial charge < -0.3 is 10.1 Å². The molecule has 3 aromatic rings. The van der Waals surface area contributed by atoms with Crippen LogP contribution in [0.15, 0.2) is 66.7 Å². The number of nitrogens with one attached hydrogen (secondary N) is 1. The fourth-order valence-electron chi connectivity index (χ4n) is 2.83. The van der Waals surface area contributed by atoms with Gasteiger partial charge in [0, 0.05) is 22.3 Å². The first-order valence-electron chi connectivity index (χ1n) is 9.46. The van der Waals surface area contributed by atoms with Crippen molar-refractivity contribution >= 4 is 46.3 Å². The molecule has 0 aliphatic heterocycles. The quantitative estimate of drug-likeness (QED) is 0.213.